The normalized spacial score (nSPS) is 11.7. The fourth-order valence-corrected chi connectivity index (χ4v) is 1.47. The van der Waals surface area contributed by atoms with Crippen LogP contribution in [-0.4, -0.2) is 20.9 Å². The van der Waals surface area contributed by atoms with Gasteiger partial charge in [0, 0.05) is 12.4 Å². The molecule has 0 saturated heterocycles. The summed E-state index contributed by atoms with van der Waals surface area (Å²) in [5, 5.41) is 12.8. The van der Waals surface area contributed by atoms with Crippen molar-refractivity contribution in [2.75, 3.05) is 0 Å². The highest BCUT2D eigenvalue weighted by Gasteiger charge is 2.12. The van der Waals surface area contributed by atoms with Crippen molar-refractivity contribution in [2.45, 2.75) is 0 Å². The largest absolute Gasteiger partial charge is 0.476 e. The van der Waals surface area contributed by atoms with Crippen LogP contribution in [-0.2, 0) is 4.79 Å². The molecular weight excluding hydrogens is 262 g/mol. The number of carboxylic acid groups (broad SMARTS) is 1. The van der Waals surface area contributed by atoms with Crippen LogP contribution in [0.15, 0.2) is 54.3 Å². The molecule has 2 rings (SSSR count). The van der Waals surface area contributed by atoms with Crippen LogP contribution in [0.3, 0.4) is 0 Å². The lowest BCUT2D eigenvalue weighted by Gasteiger charge is -2.11. The molecule has 0 aliphatic carbocycles. The van der Waals surface area contributed by atoms with E-state index < -0.39 is 11.7 Å². The molecule has 1 aromatic carbocycles. The number of nitrogens with zero attached hydrogens (tertiary/aromatic N) is 2. The molecule has 0 saturated carbocycles. The second kappa shape index (κ2) is 5.76. The zero-order chi connectivity index (χ0) is 14.5. The van der Waals surface area contributed by atoms with Crippen LogP contribution >= 0.6 is 0 Å². The number of nitrogens with one attached hydrogen (secondary N) is 1. The fourth-order valence-electron chi connectivity index (χ4n) is 1.47. The van der Waals surface area contributed by atoms with E-state index in [4.69, 9.17) is 21.4 Å². The zero-order valence-corrected chi connectivity index (χ0v) is 10.4. The highest BCUT2D eigenvalue weighted by molar-refractivity contribution is 5.85. The number of ether oxygens (including phenoxy) is 1. The van der Waals surface area contributed by atoms with Crippen LogP contribution < -0.4 is 21.7 Å². The van der Waals surface area contributed by atoms with E-state index in [1.807, 2.05) is 0 Å². The number of hydrazine groups is 1. The van der Waals surface area contributed by atoms with Crippen molar-refractivity contribution < 1.29 is 14.6 Å². The first-order valence-corrected chi connectivity index (χ1v) is 5.59. The molecular formula is C12H13N5O3. The SMILES string of the molecule is NN/C(Oc1ccc(-n2cccn2)cc1)=C(\N)C(=O)O. The standard InChI is InChI=1S/C12H13N5O3/c13-10(12(18)19)11(16-14)20-9-4-2-8(3-5-9)17-7-1-6-15-17/h1-7,16H,13-14H2,(H,18,19)/b11-10+. The topological polar surface area (TPSA) is 128 Å². The molecule has 1 heterocycles. The fraction of sp³-hybridized carbons (Fsp3) is 0. The average Bonchev–Trinajstić information content (AvgIpc) is 2.98. The van der Waals surface area contributed by atoms with Crippen molar-refractivity contribution in [1.29, 1.82) is 0 Å². The Labute approximate surface area is 114 Å². The van der Waals surface area contributed by atoms with Gasteiger partial charge in [0.1, 0.15) is 5.75 Å². The summed E-state index contributed by atoms with van der Waals surface area (Å²) < 4.78 is 6.94. The Morgan fingerprint density at radius 3 is 2.55 bits per heavy atom. The molecule has 1 aromatic heterocycles. The van der Waals surface area contributed by atoms with Gasteiger partial charge in [-0.05, 0) is 30.3 Å². The number of nitrogens with two attached hydrogens (primary N) is 2. The first-order valence-electron chi connectivity index (χ1n) is 5.59. The Balaban J connectivity index is 2.19. The van der Waals surface area contributed by atoms with E-state index in [1.165, 1.54) is 0 Å². The van der Waals surface area contributed by atoms with Crippen molar-refractivity contribution in [2.24, 2.45) is 11.6 Å². The molecule has 0 fully saturated rings. The Morgan fingerprint density at radius 2 is 2.05 bits per heavy atom. The van der Waals surface area contributed by atoms with Crippen LogP contribution in [0.5, 0.6) is 5.75 Å². The third-order valence-electron chi connectivity index (χ3n) is 2.43. The number of aliphatic carboxylic acids is 1. The third kappa shape index (κ3) is 2.87. The van der Waals surface area contributed by atoms with E-state index in [2.05, 4.69) is 10.5 Å². The first kappa shape index (κ1) is 13.4. The number of aromatic nitrogens is 2. The monoisotopic (exact) mass is 275 g/mol. The van der Waals surface area contributed by atoms with Gasteiger partial charge in [0.15, 0.2) is 5.70 Å². The quantitative estimate of drug-likeness (QED) is 0.260. The summed E-state index contributed by atoms with van der Waals surface area (Å²) in [6.45, 7) is 0. The summed E-state index contributed by atoms with van der Waals surface area (Å²) in [4.78, 5) is 10.7. The second-order valence-electron chi connectivity index (χ2n) is 3.74. The molecule has 8 nitrogen and oxygen atoms in total. The van der Waals surface area contributed by atoms with Gasteiger partial charge in [-0.1, -0.05) is 0 Å². The van der Waals surface area contributed by atoms with E-state index in [1.54, 1.807) is 47.4 Å². The highest BCUT2D eigenvalue weighted by Crippen LogP contribution is 2.16. The Morgan fingerprint density at radius 1 is 1.35 bits per heavy atom. The molecule has 0 radical (unpaired) electrons. The predicted molar refractivity (Wildman–Crippen MR) is 70.4 cm³/mol. The van der Waals surface area contributed by atoms with E-state index >= 15 is 0 Å². The van der Waals surface area contributed by atoms with Gasteiger partial charge in [-0.2, -0.15) is 5.10 Å². The zero-order valence-electron chi connectivity index (χ0n) is 10.4. The van der Waals surface area contributed by atoms with Gasteiger partial charge in [-0.25, -0.2) is 15.3 Å². The van der Waals surface area contributed by atoms with Gasteiger partial charge in [-0.15, -0.1) is 0 Å². The molecule has 0 aliphatic heterocycles. The molecule has 0 amide bonds. The smallest absolute Gasteiger partial charge is 0.357 e. The first-order chi connectivity index (χ1) is 9.61. The molecule has 0 atom stereocenters. The van der Waals surface area contributed by atoms with Gasteiger partial charge in [0.25, 0.3) is 0 Å². The van der Waals surface area contributed by atoms with E-state index in [0.717, 1.165) is 5.69 Å². The lowest BCUT2D eigenvalue weighted by atomic mass is 10.3. The highest BCUT2D eigenvalue weighted by atomic mass is 16.5. The Hall–Kier alpha value is -3.00. The van der Waals surface area contributed by atoms with Crippen LogP contribution in [0, 0.1) is 0 Å². The van der Waals surface area contributed by atoms with Crippen LogP contribution in [0.4, 0.5) is 0 Å². The number of carbonyl (C=O) groups is 1. The summed E-state index contributed by atoms with van der Waals surface area (Å²) >= 11 is 0. The maximum absolute atomic E-state index is 10.7. The Bertz CT molecular complexity index is 619. The van der Waals surface area contributed by atoms with Crippen molar-refractivity contribution in [3.63, 3.8) is 0 Å². The summed E-state index contributed by atoms with van der Waals surface area (Å²) in [7, 11) is 0. The predicted octanol–water partition coefficient (Wildman–Crippen LogP) is -0.0732. The van der Waals surface area contributed by atoms with Gasteiger partial charge >= 0.3 is 5.97 Å². The van der Waals surface area contributed by atoms with Gasteiger partial charge < -0.3 is 15.6 Å². The maximum Gasteiger partial charge on any atom is 0.357 e. The number of hydrogen-bond donors (Lipinski definition) is 4. The van der Waals surface area contributed by atoms with Crippen molar-refractivity contribution in [3.8, 4) is 11.4 Å². The lowest BCUT2D eigenvalue weighted by molar-refractivity contribution is -0.132. The van der Waals surface area contributed by atoms with E-state index in [-0.39, 0.29) is 5.88 Å². The van der Waals surface area contributed by atoms with Gasteiger partial charge in [0.2, 0.25) is 5.88 Å². The summed E-state index contributed by atoms with van der Waals surface area (Å²) in [5.74, 6) is 4.00. The molecule has 0 unspecified atom stereocenters. The minimum absolute atomic E-state index is 0.232. The number of benzene rings is 1. The second-order valence-corrected chi connectivity index (χ2v) is 3.74. The van der Waals surface area contributed by atoms with Crippen LogP contribution in [0.25, 0.3) is 5.69 Å². The van der Waals surface area contributed by atoms with Gasteiger partial charge in [-0.3, -0.25) is 5.43 Å². The summed E-state index contributed by atoms with van der Waals surface area (Å²) in [6.07, 6.45) is 3.46. The average molecular weight is 275 g/mol. The molecule has 0 bridgehead atoms. The van der Waals surface area contributed by atoms with Crippen molar-refractivity contribution >= 4 is 5.97 Å². The van der Waals surface area contributed by atoms with E-state index in [9.17, 15) is 4.79 Å². The molecule has 0 spiro atoms. The molecule has 8 heteroatoms. The molecule has 0 aliphatic rings. The molecule has 104 valence electrons. The maximum atomic E-state index is 10.7. The summed E-state index contributed by atoms with van der Waals surface area (Å²) in [5.41, 5.74) is 7.76. The molecule has 2 aromatic rings. The number of hydrogen-bond acceptors (Lipinski definition) is 6. The minimum atomic E-state index is -1.33. The van der Waals surface area contributed by atoms with Crippen molar-refractivity contribution in [1.82, 2.24) is 15.2 Å². The van der Waals surface area contributed by atoms with Crippen LogP contribution in [0.1, 0.15) is 0 Å². The molecule has 6 N–H and O–H groups in total. The summed E-state index contributed by atoms with van der Waals surface area (Å²) in [6, 6.07) is 8.60. The minimum Gasteiger partial charge on any atom is -0.476 e. The van der Waals surface area contributed by atoms with E-state index in [0.29, 0.717) is 5.75 Å². The lowest BCUT2D eigenvalue weighted by Crippen LogP contribution is -2.31. The van der Waals surface area contributed by atoms with Gasteiger partial charge in [0.05, 0.1) is 5.69 Å². The van der Waals surface area contributed by atoms with Crippen LogP contribution in [0.2, 0.25) is 0 Å². The Kier molecular flexibility index (Phi) is 3.87. The third-order valence-corrected chi connectivity index (χ3v) is 2.43. The number of carboxylic acids is 1. The molecule has 20 heavy (non-hydrogen) atoms. The van der Waals surface area contributed by atoms with Crippen molar-refractivity contribution in [3.05, 3.63) is 54.3 Å². The number of rotatable bonds is 5.